The molecule has 0 heterocycles. The van der Waals surface area contributed by atoms with Gasteiger partial charge in [0.2, 0.25) is 17.7 Å². The molecule has 0 aliphatic rings. The van der Waals surface area contributed by atoms with Crippen molar-refractivity contribution in [2.45, 2.75) is 84.0 Å². The summed E-state index contributed by atoms with van der Waals surface area (Å²) in [5.41, 5.74) is 11.3. The van der Waals surface area contributed by atoms with E-state index >= 15 is 0 Å². The van der Waals surface area contributed by atoms with Crippen LogP contribution in [0.25, 0.3) is 0 Å². The third kappa shape index (κ3) is 12.2. The van der Waals surface area contributed by atoms with E-state index in [0.29, 0.717) is 19.4 Å². The molecule has 0 aliphatic carbocycles. The summed E-state index contributed by atoms with van der Waals surface area (Å²) in [7, 11) is 0. The average Bonchev–Trinajstić information content (AvgIpc) is 2.69. The first kappa shape index (κ1) is 30.3. The number of nitrogens with two attached hydrogens (primary N) is 2. The average molecular weight is 474 g/mol. The van der Waals surface area contributed by atoms with Gasteiger partial charge in [0.25, 0.3) is 0 Å². The van der Waals surface area contributed by atoms with Crippen LogP contribution in [0.3, 0.4) is 0 Å². The molecule has 0 bridgehead atoms. The first-order valence-corrected chi connectivity index (χ1v) is 11.1. The van der Waals surface area contributed by atoms with Crippen LogP contribution < -0.4 is 27.4 Å². The van der Waals surface area contributed by atoms with Gasteiger partial charge >= 0.3 is 11.9 Å². The topological polar surface area (TPSA) is 214 Å². The van der Waals surface area contributed by atoms with Crippen molar-refractivity contribution >= 4 is 29.7 Å². The van der Waals surface area contributed by atoms with Gasteiger partial charge in [-0.05, 0) is 37.6 Å². The van der Waals surface area contributed by atoms with Crippen LogP contribution in [0.4, 0.5) is 0 Å². The maximum atomic E-state index is 12.9. The second kappa shape index (κ2) is 15.2. The lowest BCUT2D eigenvalue weighted by atomic mass is 9.99. The minimum atomic E-state index is -1.64. The molecule has 0 aromatic rings. The molecule has 0 radical (unpaired) electrons. The van der Waals surface area contributed by atoms with E-state index in [0.717, 1.165) is 6.42 Å². The van der Waals surface area contributed by atoms with E-state index in [1.165, 1.54) is 0 Å². The predicted octanol–water partition coefficient (Wildman–Crippen LogP) is -0.841. The van der Waals surface area contributed by atoms with E-state index in [1.54, 1.807) is 27.7 Å². The standard InChI is InChI=1S/C21H39N5O7/c1-11(2)9-14(19(30)25-15(21(32)33)10-16(27)28)24-20(31)17(12(3)4)26-18(29)13(23)7-5-6-8-22/h11-15,17H,5-10,22-23H2,1-4H3,(H,24,31)(H,25,30)(H,26,29)(H,27,28)(H,32,33)/t13-,14-,15-,17-/m0/s1. The van der Waals surface area contributed by atoms with Crippen molar-refractivity contribution in [2.24, 2.45) is 23.3 Å². The fourth-order valence-corrected chi connectivity index (χ4v) is 3.05. The Bertz CT molecular complexity index is 684. The highest BCUT2D eigenvalue weighted by atomic mass is 16.4. The van der Waals surface area contributed by atoms with Gasteiger partial charge in [0.15, 0.2) is 0 Å². The van der Waals surface area contributed by atoms with Gasteiger partial charge in [0.1, 0.15) is 18.1 Å². The summed E-state index contributed by atoms with van der Waals surface area (Å²) in [4.78, 5) is 60.2. The molecular weight excluding hydrogens is 434 g/mol. The Hall–Kier alpha value is -2.73. The lowest BCUT2D eigenvalue weighted by Gasteiger charge is -2.27. The molecule has 0 aromatic heterocycles. The van der Waals surface area contributed by atoms with Gasteiger partial charge < -0.3 is 37.6 Å². The fraction of sp³-hybridized carbons (Fsp3) is 0.762. The molecule has 0 saturated carbocycles. The number of carboxylic acids is 2. The minimum Gasteiger partial charge on any atom is -0.481 e. The molecule has 12 heteroatoms. The molecule has 0 aliphatic heterocycles. The van der Waals surface area contributed by atoms with Crippen molar-refractivity contribution in [3.63, 3.8) is 0 Å². The second-order valence-electron chi connectivity index (χ2n) is 8.81. The smallest absolute Gasteiger partial charge is 0.326 e. The van der Waals surface area contributed by atoms with Gasteiger partial charge in [-0.1, -0.05) is 34.1 Å². The lowest BCUT2D eigenvalue weighted by Crippen LogP contribution is -2.58. The monoisotopic (exact) mass is 473 g/mol. The Balaban J connectivity index is 5.36. The number of aliphatic carboxylic acids is 2. The summed E-state index contributed by atoms with van der Waals surface area (Å²) in [6.07, 6.45) is 1.17. The maximum Gasteiger partial charge on any atom is 0.326 e. The summed E-state index contributed by atoms with van der Waals surface area (Å²) in [5.74, 6) is -5.22. The van der Waals surface area contributed by atoms with E-state index < -0.39 is 60.2 Å². The molecule has 33 heavy (non-hydrogen) atoms. The zero-order valence-corrected chi connectivity index (χ0v) is 19.8. The van der Waals surface area contributed by atoms with Gasteiger partial charge in [-0.25, -0.2) is 4.79 Å². The molecule has 0 fully saturated rings. The molecule has 0 unspecified atom stereocenters. The van der Waals surface area contributed by atoms with Crippen molar-refractivity contribution in [3.05, 3.63) is 0 Å². The highest BCUT2D eigenvalue weighted by molar-refractivity contribution is 5.94. The Labute approximate surface area is 194 Å². The van der Waals surface area contributed by atoms with Crippen molar-refractivity contribution in [3.8, 4) is 0 Å². The Morgan fingerprint density at radius 2 is 1.39 bits per heavy atom. The third-order valence-corrected chi connectivity index (χ3v) is 4.89. The van der Waals surface area contributed by atoms with Crippen LogP contribution >= 0.6 is 0 Å². The number of carboxylic acid groups (broad SMARTS) is 2. The quantitative estimate of drug-likeness (QED) is 0.139. The van der Waals surface area contributed by atoms with Crippen LogP contribution in [-0.4, -0.2) is 70.6 Å². The van der Waals surface area contributed by atoms with Crippen LogP contribution in [0.1, 0.15) is 59.8 Å². The zero-order chi connectivity index (χ0) is 25.7. The summed E-state index contributed by atoms with van der Waals surface area (Å²) in [6, 6.07) is -4.55. The van der Waals surface area contributed by atoms with Gasteiger partial charge in [0.05, 0.1) is 12.5 Å². The van der Waals surface area contributed by atoms with Crippen LogP contribution in [0.15, 0.2) is 0 Å². The fourth-order valence-electron chi connectivity index (χ4n) is 3.05. The van der Waals surface area contributed by atoms with Crippen LogP contribution in [0.5, 0.6) is 0 Å². The van der Waals surface area contributed by atoms with Gasteiger partial charge in [-0.2, -0.15) is 0 Å². The summed E-state index contributed by atoms with van der Waals surface area (Å²) in [6.45, 7) is 7.53. The van der Waals surface area contributed by atoms with Gasteiger partial charge in [-0.15, -0.1) is 0 Å². The predicted molar refractivity (Wildman–Crippen MR) is 121 cm³/mol. The van der Waals surface area contributed by atoms with Gasteiger partial charge in [0, 0.05) is 0 Å². The number of carbonyl (C=O) groups is 5. The summed E-state index contributed by atoms with van der Waals surface area (Å²) < 4.78 is 0. The third-order valence-electron chi connectivity index (χ3n) is 4.89. The molecule has 3 amide bonds. The number of hydrogen-bond acceptors (Lipinski definition) is 7. The normalized spacial score (nSPS) is 14.8. The lowest BCUT2D eigenvalue weighted by molar-refractivity contribution is -0.147. The molecule has 12 nitrogen and oxygen atoms in total. The Kier molecular flexibility index (Phi) is 13.9. The maximum absolute atomic E-state index is 12.9. The largest absolute Gasteiger partial charge is 0.481 e. The van der Waals surface area contributed by atoms with Gasteiger partial charge in [-0.3, -0.25) is 19.2 Å². The molecule has 190 valence electrons. The molecule has 0 aromatic carbocycles. The van der Waals surface area contributed by atoms with E-state index in [2.05, 4.69) is 16.0 Å². The first-order valence-electron chi connectivity index (χ1n) is 11.1. The number of rotatable bonds is 16. The number of carbonyl (C=O) groups excluding carboxylic acids is 3. The number of nitrogens with one attached hydrogen (secondary N) is 3. The van der Waals surface area contributed by atoms with Crippen molar-refractivity contribution in [1.29, 1.82) is 0 Å². The van der Waals surface area contributed by atoms with E-state index in [1.807, 2.05) is 0 Å². The van der Waals surface area contributed by atoms with Crippen molar-refractivity contribution in [2.75, 3.05) is 6.54 Å². The highest BCUT2D eigenvalue weighted by Crippen LogP contribution is 2.09. The second-order valence-corrected chi connectivity index (χ2v) is 8.81. The van der Waals surface area contributed by atoms with E-state index in [9.17, 15) is 29.1 Å². The number of unbranched alkanes of at least 4 members (excludes halogenated alkanes) is 1. The highest BCUT2D eigenvalue weighted by Gasteiger charge is 2.32. The summed E-state index contributed by atoms with van der Waals surface area (Å²) in [5, 5.41) is 25.4. The Morgan fingerprint density at radius 1 is 0.818 bits per heavy atom. The molecule has 0 rings (SSSR count). The first-order chi connectivity index (χ1) is 15.3. The SMILES string of the molecule is CC(C)C[C@H](NC(=O)[C@@H](NC(=O)[C@@H](N)CCCCN)C(C)C)C(=O)N[C@@H](CC(=O)O)C(=O)O. The van der Waals surface area contributed by atoms with Crippen molar-refractivity contribution in [1.82, 2.24) is 16.0 Å². The molecular formula is C21H39N5O7. The molecule has 9 N–H and O–H groups in total. The van der Waals surface area contributed by atoms with E-state index in [4.69, 9.17) is 16.6 Å². The Morgan fingerprint density at radius 3 is 1.85 bits per heavy atom. The molecule has 0 saturated heterocycles. The molecule has 0 spiro atoms. The zero-order valence-electron chi connectivity index (χ0n) is 19.8. The molecule has 4 atom stereocenters. The van der Waals surface area contributed by atoms with Crippen LogP contribution in [-0.2, 0) is 24.0 Å². The minimum absolute atomic E-state index is 0.0492. The van der Waals surface area contributed by atoms with Crippen LogP contribution in [0.2, 0.25) is 0 Å². The number of hydrogen-bond donors (Lipinski definition) is 7. The van der Waals surface area contributed by atoms with Crippen LogP contribution in [0, 0.1) is 11.8 Å². The summed E-state index contributed by atoms with van der Waals surface area (Å²) >= 11 is 0. The number of amides is 3. The van der Waals surface area contributed by atoms with E-state index in [-0.39, 0.29) is 18.3 Å². The van der Waals surface area contributed by atoms with Crippen molar-refractivity contribution < 1.29 is 34.2 Å².